The molecule has 1 fully saturated rings. The second kappa shape index (κ2) is 8.46. The third-order valence-corrected chi connectivity index (χ3v) is 6.67. The van der Waals surface area contributed by atoms with Gasteiger partial charge >= 0.3 is 6.09 Å². The number of amides is 2. The maximum atomic E-state index is 12.9. The molecule has 0 unspecified atom stereocenters. The summed E-state index contributed by atoms with van der Waals surface area (Å²) in [5.74, 6) is -0.129. The first-order valence-corrected chi connectivity index (χ1v) is 11.6. The lowest BCUT2D eigenvalue weighted by Crippen LogP contribution is -2.49. The number of hydrogen-bond acceptors (Lipinski definition) is 6. The first-order chi connectivity index (χ1) is 14.9. The highest BCUT2D eigenvalue weighted by molar-refractivity contribution is 7.92. The fourth-order valence-electron chi connectivity index (χ4n) is 3.75. The van der Waals surface area contributed by atoms with E-state index >= 15 is 0 Å². The van der Waals surface area contributed by atoms with Crippen LogP contribution in [0.3, 0.4) is 0 Å². The fraction of sp³-hybridized carbons (Fsp3) is 0.333. The first kappa shape index (κ1) is 21.0. The quantitative estimate of drug-likeness (QED) is 0.733. The lowest BCUT2D eigenvalue weighted by molar-refractivity contribution is -0.115. The van der Waals surface area contributed by atoms with E-state index in [4.69, 9.17) is 4.74 Å². The van der Waals surface area contributed by atoms with Crippen molar-refractivity contribution in [3.8, 4) is 0 Å². The molecule has 0 saturated carbocycles. The average Bonchev–Trinajstić information content (AvgIpc) is 3.13. The van der Waals surface area contributed by atoms with Crippen molar-refractivity contribution in [3.63, 3.8) is 0 Å². The van der Waals surface area contributed by atoms with Crippen LogP contribution in [0.25, 0.3) is 0 Å². The van der Waals surface area contributed by atoms with Gasteiger partial charge in [0.15, 0.2) is 0 Å². The lowest BCUT2D eigenvalue weighted by Gasteiger charge is -2.36. The molecule has 31 heavy (non-hydrogen) atoms. The second-order valence-electron chi connectivity index (χ2n) is 7.34. The fourth-order valence-corrected chi connectivity index (χ4v) is 4.84. The van der Waals surface area contributed by atoms with Crippen molar-refractivity contribution in [2.75, 3.05) is 47.7 Å². The smallest absolute Gasteiger partial charge is 0.409 e. The van der Waals surface area contributed by atoms with Crippen molar-refractivity contribution in [1.29, 1.82) is 0 Å². The zero-order chi connectivity index (χ0) is 22.0. The molecule has 0 bridgehead atoms. The minimum atomic E-state index is -3.81. The van der Waals surface area contributed by atoms with Crippen LogP contribution in [0.15, 0.2) is 47.4 Å². The van der Waals surface area contributed by atoms with E-state index in [2.05, 4.69) is 10.0 Å². The largest absolute Gasteiger partial charge is 0.450 e. The van der Waals surface area contributed by atoms with E-state index in [0.29, 0.717) is 49.8 Å². The van der Waals surface area contributed by atoms with Gasteiger partial charge in [-0.1, -0.05) is 18.2 Å². The molecule has 2 aliphatic heterocycles. The van der Waals surface area contributed by atoms with E-state index < -0.39 is 10.0 Å². The van der Waals surface area contributed by atoms with E-state index in [-0.39, 0.29) is 23.3 Å². The number of fused-ring (bicyclic) bond motifs is 1. The number of nitrogens with one attached hydrogen (secondary N) is 2. The van der Waals surface area contributed by atoms with Crippen LogP contribution in [-0.4, -0.2) is 58.1 Å². The van der Waals surface area contributed by atoms with Gasteiger partial charge < -0.3 is 19.9 Å². The SMILES string of the molecule is CCOC(=O)N1CCN(c2cc3c(cc2NS(=O)(=O)c2ccccc2)NC(=O)C3)CC1. The van der Waals surface area contributed by atoms with Gasteiger partial charge in [0.05, 0.1) is 29.3 Å². The Kier molecular flexibility index (Phi) is 5.73. The molecule has 1 saturated heterocycles. The van der Waals surface area contributed by atoms with Crippen molar-refractivity contribution in [1.82, 2.24) is 4.90 Å². The molecule has 2 aromatic rings. The van der Waals surface area contributed by atoms with E-state index in [0.717, 1.165) is 5.56 Å². The van der Waals surface area contributed by atoms with Gasteiger partial charge in [0.25, 0.3) is 10.0 Å². The lowest BCUT2D eigenvalue weighted by atomic mass is 10.1. The number of rotatable bonds is 5. The maximum absolute atomic E-state index is 12.9. The molecule has 0 aromatic heterocycles. The minimum Gasteiger partial charge on any atom is -0.450 e. The van der Waals surface area contributed by atoms with Gasteiger partial charge in [-0.25, -0.2) is 13.2 Å². The Hall–Kier alpha value is -3.27. The summed E-state index contributed by atoms with van der Waals surface area (Å²) >= 11 is 0. The van der Waals surface area contributed by atoms with Gasteiger partial charge in [-0.15, -0.1) is 0 Å². The van der Waals surface area contributed by atoms with E-state index in [1.807, 2.05) is 11.0 Å². The summed E-state index contributed by atoms with van der Waals surface area (Å²) < 4.78 is 33.6. The number of piperazine rings is 1. The predicted molar refractivity (Wildman–Crippen MR) is 117 cm³/mol. The van der Waals surface area contributed by atoms with Crippen LogP contribution in [0.4, 0.5) is 21.9 Å². The highest BCUT2D eigenvalue weighted by Crippen LogP contribution is 2.37. The monoisotopic (exact) mass is 444 g/mol. The second-order valence-corrected chi connectivity index (χ2v) is 9.03. The van der Waals surface area contributed by atoms with Gasteiger partial charge in [0, 0.05) is 31.9 Å². The molecule has 0 atom stereocenters. The molecule has 4 rings (SSSR count). The van der Waals surface area contributed by atoms with E-state index in [9.17, 15) is 18.0 Å². The number of anilines is 3. The van der Waals surface area contributed by atoms with Crippen LogP contribution in [0.2, 0.25) is 0 Å². The topological polar surface area (TPSA) is 108 Å². The van der Waals surface area contributed by atoms with Gasteiger partial charge in [-0.2, -0.15) is 0 Å². The highest BCUT2D eigenvalue weighted by Gasteiger charge is 2.28. The third-order valence-electron chi connectivity index (χ3n) is 5.29. The van der Waals surface area contributed by atoms with E-state index in [1.54, 1.807) is 36.1 Å². The first-order valence-electron chi connectivity index (χ1n) is 10.1. The van der Waals surface area contributed by atoms with Gasteiger partial charge in [-0.3, -0.25) is 9.52 Å². The molecular formula is C21H24N4O5S. The molecule has 2 amide bonds. The summed E-state index contributed by atoms with van der Waals surface area (Å²) in [6.07, 6.45) is -0.104. The number of nitrogens with zero attached hydrogens (tertiary/aromatic N) is 2. The van der Waals surface area contributed by atoms with Crippen molar-refractivity contribution in [3.05, 3.63) is 48.0 Å². The van der Waals surface area contributed by atoms with Crippen molar-refractivity contribution in [2.45, 2.75) is 18.2 Å². The molecule has 9 nitrogen and oxygen atoms in total. The van der Waals surface area contributed by atoms with Crippen molar-refractivity contribution in [2.24, 2.45) is 0 Å². The number of hydrogen-bond donors (Lipinski definition) is 2. The van der Waals surface area contributed by atoms with Crippen molar-refractivity contribution >= 4 is 39.1 Å². The Bertz CT molecular complexity index is 1100. The molecule has 0 spiro atoms. The number of carbonyl (C=O) groups excluding carboxylic acids is 2. The molecule has 164 valence electrons. The van der Waals surface area contributed by atoms with Crippen LogP contribution in [-0.2, 0) is 26.0 Å². The maximum Gasteiger partial charge on any atom is 0.409 e. The summed E-state index contributed by atoms with van der Waals surface area (Å²) in [7, 11) is -3.81. The summed E-state index contributed by atoms with van der Waals surface area (Å²) in [6.45, 7) is 4.02. The molecule has 2 aliphatic rings. The number of benzene rings is 2. The van der Waals surface area contributed by atoms with E-state index in [1.165, 1.54) is 12.1 Å². The van der Waals surface area contributed by atoms with Crippen molar-refractivity contribution < 1.29 is 22.7 Å². The molecule has 10 heteroatoms. The average molecular weight is 445 g/mol. The zero-order valence-corrected chi connectivity index (χ0v) is 17.9. The Morgan fingerprint density at radius 1 is 1.13 bits per heavy atom. The molecule has 2 heterocycles. The molecule has 0 aliphatic carbocycles. The van der Waals surface area contributed by atoms with Crippen LogP contribution in [0, 0.1) is 0 Å². The number of ether oxygens (including phenoxy) is 1. The van der Waals surface area contributed by atoms with Crippen LogP contribution >= 0.6 is 0 Å². The predicted octanol–water partition coefficient (Wildman–Crippen LogP) is 2.26. The van der Waals surface area contributed by atoms with Gasteiger partial charge in [0.2, 0.25) is 5.91 Å². The van der Waals surface area contributed by atoms with Gasteiger partial charge in [-0.05, 0) is 36.8 Å². The van der Waals surface area contributed by atoms with Gasteiger partial charge in [0.1, 0.15) is 0 Å². The molecule has 0 radical (unpaired) electrons. The summed E-state index contributed by atoms with van der Waals surface area (Å²) in [4.78, 5) is 27.7. The number of sulfonamides is 1. The Morgan fingerprint density at radius 2 is 1.84 bits per heavy atom. The summed E-state index contributed by atoms with van der Waals surface area (Å²) in [5.41, 5.74) is 2.48. The Labute approximate surface area is 181 Å². The molecule has 2 N–H and O–H groups in total. The summed E-state index contributed by atoms with van der Waals surface area (Å²) in [5, 5.41) is 2.77. The standard InChI is InChI=1S/C21H24N4O5S/c1-2-30-21(27)25-10-8-24(9-11-25)19-12-15-13-20(26)22-17(15)14-18(19)23-31(28,29)16-6-4-3-5-7-16/h3-7,12,14,23H,2,8-11,13H2,1H3,(H,22,26). The zero-order valence-electron chi connectivity index (χ0n) is 17.1. The Morgan fingerprint density at radius 3 is 2.52 bits per heavy atom. The van der Waals surface area contributed by atoms with Crippen LogP contribution in [0.5, 0.6) is 0 Å². The van der Waals surface area contributed by atoms with Crippen LogP contribution < -0.4 is 14.9 Å². The number of carbonyl (C=O) groups is 2. The highest BCUT2D eigenvalue weighted by atomic mass is 32.2. The molecular weight excluding hydrogens is 420 g/mol. The Balaban J connectivity index is 1.62. The normalized spacial score (nSPS) is 16.0. The minimum absolute atomic E-state index is 0.129. The third kappa shape index (κ3) is 4.43. The molecule has 2 aromatic carbocycles. The summed E-state index contributed by atoms with van der Waals surface area (Å²) in [6, 6.07) is 11.6. The van der Waals surface area contributed by atoms with Crippen LogP contribution in [0.1, 0.15) is 12.5 Å².